The first-order valence-electron chi connectivity index (χ1n) is 6.40. The maximum Gasteiger partial charge on any atom is 0 e. The van der Waals surface area contributed by atoms with Gasteiger partial charge in [0.25, 0.3) is 0 Å². The maximum atomic E-state index is 2.12. The van der Waals surface area contributed by atoms with E-state index >= 15 is 0 Å². The number of rotatable bonds is 0. The van der Waals surface area contributed by atoms with Crippen LogP contribution in [0, 0.1) is 7.43 Å². The first kappa shape index (κ1) is 36.7. The fourth-order valence-corrected chi connectivity index (χ4v) is 1.13. The molecule has 1 radical (unpaired) electrons. The van der Waals surface area contributed by atoms with Crippen LogP contribution in [0.3, 0.4) is 0 Å². The Labute approximate surface area is 150 Å². The Balaban J connectivity index is -0.0000000443. The van der Waals surface area contributed by atoms with Gasteiger partial charge in [-0.1, -0.05) is 90.1 Å². The van der Waals surface area contributed by atoms with Crippen LogP contribution in [0.5, 0.6) is 0 Å². The average Bonchev–Trinajstić information content (AvgIpc) is 2.45. The molecule has 2 aromatic carbocycles. The Morgan fingerprint density at radius 3 is 0.800 bits per heavy atom. The monoisotopic (exact) mass is 362 g/mol. The van der Waals surface area contributed by atoms with Crippen molar-refractivity contribution in [2.75, 3.05) is 0 Å². The van der Waals surface area contributed by atoms with Crippen LogP contribution in [0.25, 0.3) is 10.8 Å². The van der Waals surface area contributed by atoms with E-state index < -0.39 is 0 Å². The summed E-state index contributed by atoms with van der Waals surface area (Å²) in [6.45, 7) is 12.0. The molecule has 0 aromatic heterocycles. The summed E-state index contributed by atoms with van der Waals surface area (Å²) < 4.78 is 0. The van der Waals surface area contributed by atoms with Gasteiger partial charge in [0.05, 0.1) is 0 Å². The summed E-state index contributed by atoms with van der Waals surface area (Å²) >= 11 is 0. The molecule has 0 saturated carbocycles. The van der Waals surface area contributed by atoms with E-state index in [4.69, 9.17) is 0 Å². The van der Waals surface area contributed by atoms with Crippen LogP contribution in [0.1, 0.15) is 41.5 Å². The number of benzene rings is 2. The number of hydrogen-bond donors (Lipinski definition) is 0. The van der Waals surface area contributed by atoms with E-state index in [1.54, 1.807) is 0 Å². The SMILES string of the molecule is CC.CC.CC.F.F.[CH3-].[Y].c1ccc2ccccc2c1. The van der Waals surface area contributed by atoms with Crippen LogP contribution in [0.4, 0.5) is 9.41 Å². The van der Waals surface area contributed by atoms with Crippen LogP contribution in [-0.4, -0.2) is 0 Å². The van der Waals surface area contributed by atoms with E-state index in [9.17, 15) is 0 Å². The molecule has 0 fully saturated rings. The first-order valence-corrected chi connectivity index (χ1v) is 6.40. The van der Waals surface area contributed by atoms with Gasteiger partial charge in [0.1, 0.15) is 0 Å². The molecule has 0 spiro atoms. The van der Waals surface area contributed by atoms with Crippen molar-refractivity contribution in [2.45, 2.75) is 41.5 Å². The second-order valence-corrected chi connectivity index (χ2v) is 2.35. The Hall–Kier alpha value is -0.336. The molecule has 0 heterocycles. The predicted octanol–water partition coefficient (Wildman–Crippen LogP) is 6.67. The van der Waals surface area contributed by atoms with E-state index in [1.807, 2.05) is 41.5 Å². The molecule has 0 N–H and O–H groups in total. The Bertz CT molecular complexity index is 286. The fourth-order valence-electron chi connectivity index (χ4n) is 1.13. The van der Waals surface area contributed by atoms with Gasteiger partial charge in [-0.15, -0.1) is 0 Å². The average molecular weight is 362 g/mol. The molecule has 2 aromatic rings. The molecule has 0 aliphatic carbocycles. The van der Waals surface area contributed by atoms with Gasteiger partial charge in [0.15, 0.2) is 0 Å². The summed E-state index contributed by atoms with van der Waals surface area (Å²) in [4.78, 5) is 0. The first-order chi connectivity index (χ1) is 7.97. The van der Waals surface area contributed by atoms with E-state index in [0.717, 1.165) is 0 Å². The van der Waals surface area contributed by atoms with E-state index in [0.29, 0.717) is 0 Å². The van der Waals surface area contributed by atoms with E-state index in [-0.39, 0.29) is 49.5 Å². The maximum absolute atomic E-state index is 2.12. The van der Waals surface area contributed by atoms with Crippen molar-refractivity contribution in [2.24, 2.45) is 0 Å². The van der Waals surface area contributed by atoms with Gasteiger partial charge in [-0.05, 0) is 10.8 Å². The van der Waals surface area contributed by atoms with Crippen LogP contribution in [0.2, 0.25) is 0 Å². The van der Waals surface area contributed by atoms with Crippen LogP contribution >= 0.6 is 0 Å². The minimum absolute atomic E-state index is 0. The summed E-state index contributed by atoms with van der Waals surface area (Å²) in [7, 11) is 0. The molecule has 20 heavy (non-hydrogen) atoms. The molecule has 0 saturated heterocycles. The van der Waals surface area contributed by atoms with E-state index in [1.165, 1.54) is 10.8 Å². The van der Waals surface area contributed by atoms with Crippen LogP contribution in [-0.2, 0) is 32.7 Å². The Kier molecular flexibility index (Phi) is 57.2. The predicted molar refractivity (Wildman–Crippen MR) is 89.4 cm³/mol. The molecule has 0 nitrogen and oxygen atoms in total. The van der Waals surface area contributed by atoms with Crippen LogP contribution < -0.4 is 0 Å². The minimum Gasteiger partial charge on any atom is -0.358 e. The number of halogens is 2. The van der Waals surface area contributed by atoms with Gasteiger partial charge in [0.2, 0.25) is 0 Å². The quantitative estimate of drug-likeness (QED) is 0.459. The third-order valence-corrected chi connectivity index (χ3v) is 1.66. The van der Waals surface area contributed by atoms with Crippen molar-refractivity contribution < 1.29 is 42.1 Å². The van der Waals surface area contributed by atoms with Crippen molar-refractivity contribution in [1.29, 1.82) is 0 Å². The van der Waals surface area contributed by atoms with Gasteiger partial charge in [-0.2, -0.15) is 0 Å². The molecule has 0 aliphatic heterocycles. The van der Waals surface area contributed by atoms with Crippen molar-refractivity contribution >= 4 is 10.8 Å². The molecule has 0 amide bonds. The largest absolute Gasteiger partial charge is 0.358 e. The van der Waals surface area contributed by atoms with Crippen molar-refractivity contribution in [3.8, 4) is 0 Å². The van der Waals surface area contributed by atoms with Gasteiger partial charge in [-0.3, -0.25) is 9.41 Å². The van der Waals surface area contributed by atoms with Gasteiger partial charge in [0, 0.05) is 32.7 Å². The van der Waals surface area contributed by atoms with Gasteiger partial charge < -0.3 is 7.43 Å². The third-order valence-electron chi connectivity index (χ3n) is 1.66. The standard InChI is InChI=1S/C10H8.3C2H6.CH3.2FH.Y/c1-2-6-10-8-4-3-7-9(10)5-1;3*1-2;;;;/h1-8H;3*1-2H3;1H3;2*1H;/q;;;;-1;;;. The second kappa shape index (κ2) is 31.2. The zero-order valence-corrected chi connectivity index (χ0v) is 16.9. The van der Waals surface area contributed by atoms with Gasteiger partial charge >= 0.3 is 0 Å². The normalized spacial score (nSPS) is 5.90. The number of fused-ring (bicyclic) bond motifs is 1. The summed E-state index contributed by atoms with van der Waals surface area (Å²) in [5.41, 5.74) is 0. The van der Waals surface area contributed by atoms with Crippen molar-refractivity contribution in [3.63, 3.8) is 0 Å². The Morgan fingerprint density at radius 1 is 0.500 bits per heavy atom. The molecule has 2 rings (SSSR count). The molecular formula is C17H31F2Y-. The van der Waals surface area contributed by atoms with Crippen molar-refractivity contribution in [3.05, 3.63) is 56.0 Å². The number of hydrogen-bond acceptors (Lipinski definition) is 0. The molecule has 0 bridgehead atoms. The molecule has 0 unspecified atom stereocenters. The Morgan fingerprint density at radius 2 is 0.650 bits per heavy atom. The van der Waals surface area contributed by atoms with Gasteiger partial charge in [-0.25, -0.2) is 0 Å². The smallest absolute Gasteiger partial charge is 0 e. The second-order valence-electron chi connectivity index (χ2n) is 2.35. The third kappa shape index (κ3) is 15.7. The summed E-state index contributed by atoms with van der Waals surface area (Å²) in [6.07, 6.45) is 0. The fraction of sp³-hybridized carbons (Fsp3) is 0.353. The van der Waals surface area contributed by atoms with Crippen LogP contribution in [0.15, 0.2) is 48.5 Å². The minimum atomic E-state index is 0. The van der Waals surface area contributed by atoms with Crippen molar-refractivity contribution in [1.82, 2.24) is 0 Å². The zero-order valence-electron chi connectivity index (χ0n) is 14.0. The molecule has 0 atom stereocenters. The topological polar surface area (TPSA) is 0 Å². The summed E-state index contributed by atoms with van der Waals surface area (Å²) in [5, 5.41) is 2.62. The van der Waals surface area contributed by atoms with E-state index in [2.05, 4.69) is 48.5 Å². The summed E-state index contributed by atoms with van der Waals surface area (Å²) in [5.74, 6) is 0. The molecule has 3 heteroatoms. The molecule has 117 valence electrons. The zero-order chi connectivity index (χ0) is 12.8. The summed E-state index contributed by atoms with van der Waals surface area (Å²) in [6, 6.07) is 16.7. The molecule has 0 aliphatic rings. The molecular weight excluding hydrogens is 331 g/mol.